The zero-order chi connectivity index (χ0) is 16.3. The Labute approximate surface area is 134 Å². The largest absolute Gasteiger partial charge is 0.504 e. The SMILES string of the molecule is O=C(OC1(c2ccccc2)CCNCC1)c1ccc(O)c(O)c1. The standard InChI is InChI=1S/C18H19NO4/c20-15-7-6-13(12-16(15)21)17(22)23-18(8-10-19-11-9-18)14-4-2-1-3-5-14/h1-7,12,19-21H,8-11H2. The third-order valence-electron chi connectivity index (χ3n) is 4.21. The van der Waals surface area contributed by atoms with E-state index in [2.05, 4.69) is 5.32 Å². The van der Waals surface area contributed by atoms with Crippen LogP contribution in [0.2, 0.25) is 0 Å². The second kappa shape index (κ2) is 6.30. The van der Waals surface area contributed by atoms with Gasteiger partial charge in [-0.15, -0.1) is 0 Å². The first kappa shape index (κ1) is 15.4. The van der Waals surface area contributed by atoms with Gasteiger partial charge in [-0.3, -0.25) is 0 Å². The molecule has 1 aliphatic rings. The number of piperidine rings is 1. The molecule has 3 rings (SSSR count). The van der Waals surface area contributed by atoms with Gasteiger partial charge in [0.25, 0.3) is 0 Å². The molecule has 1 heterocycles. The number of carbonyl (C=O) groups excluding carboxylic acids is 1. The van der Waals surface area contributed by atoms with Crippen LogP contribution in [-0.4, -0.2) is 29.3 Å². The summed E-state index contributed by atoms with van der Waals surface area (Å²) < 4.78 is 5.87. The van der Waals surface area contributed by atoms with Crippen LogP contribution in [0.4, 0.5) is 0 Å². The van der Waals surface area contributed by atoms with Gasteiger partial charge in [-0.25, -0.2) is 4.79 Å². The van der Waals surface area contributed by atoms with Crippen LogP contribution in [-0.2, 0) is 10.3 Å². The number of phenolic OH excluding ortho intramolecular Hbond substituents is 2. The van der Waals surface area contributed by atoms with E-state index in [1.54, 1.807) is 0 Å². The minimum absolute atomic E-state index is 0.217. The van der Waals surface area contributed by atoms with Gasteiger partial charge in [0.1, 0.15) is 5.60 Å². The molecule has 5 nitrogen and oxygen atoms in total. The second-order valence-corrected chi connectivity index (χ2v) is 5.70. The van der Waals surface area contributed by atoms with Crippen molar-refractivity contribution in [1.82, 2.24) is 5.32 Å². The van der Waals surface area contributed by atoms with Crippen LogP contribution >= 0.6 is 0 Å². The van der Waals surface area contributed by atoms with Gasteiger partial charge in [-0.2, -0.15) is 0 Å². The van der Waals surface area contributed by atoms with E-state index in [0.29, 0.717) is 12.8 Å². The number of nitrogens with one attached hydrogen (secondary N) is 1. The topological polar surface area (TPSA) is 78.8 Å². The van der Waals surface area contributed by atoms with Crippen molar-refractivity contribution >= 4 is 5.97 Å². The maximum atomic E-state index is 12.5. The summed E-state index contributed by atoms with van der Waals surface area (Å²) in [5, 5.41) is 22.2. The molecule has 0 amide bonds. The Morgan fingerprint density at radius 2 is 1.70 bits per heavy atom. The number of esters is 1. The van der Waals surface area contributed by atoms with Crippen LogP contribution < -0.4 is 5.32 Å². The van der Waals surface area contributed by atoms with Crippen LogP contribution in [0.25, 0.3) is 0 Å². The Balaban J connectivity index is 1.89. The molecule has 0 spiro atoms. The van der Waals surface area contributed by atoms with Crippen LogP contribution in [0.1, 0.15) is 28.8 Å². The zero-order valence-electron chi connectivity index (χ0n) is 12.7. The zero-order valence-corrected chi connectivity index (χ0v) is 12.7. The third-order valence-corrected chi connectivity index (χ3v) is 4.21. The average Bonchev–Trinajstić information content (AvgIpc) is 2.59. The fourth-order valence-electron chi connectivity index (χ4n) is 2.91. The van der Waals surface area contributed by atoms with Gasteiger partial charge in [0, 0.05) is 12.8 Å². The number of aromatic hydroxyl groups is 2. The van der Waals surface area contributed by atoms with E-state index in [-0.39, 0.29) is 17.1 Å². The number of ether oxygens (including phenoxy) is 1. The molecule has 120 valence electrons. The molecule has 2 aromatic rings. The molecule has 0 atom stereocenters. The fourth-order valence-corrected chi connectivity index (χ4v) is 2.91. The molecule has 0 radical (unpaired) electrons. The molecule has 2 aromatic carbocycles. The Hall–Kier alpha value is -2.53. The normalized spacial score (nSPS) is 16.7. The van der Waals surface area contributed by atoms with Crippen molar-refractivity contribution in [1.29, 1.82) is 0 Å². The average molecular weight is 313 g/mol. The predicted octanol–water partition coefficient (Wildman–Crippen LogP) is 2.53. The lowest BCUT2D eigenvalue weighted by molar-refractivity contribution is -0.0378. The van der Waals surface area contributed by atoms with Crippen molar-refractivity contribution in [2.24, 2.45) is 0 Å². The van der Waals surface area contributed by atoms with Gasteiger partial charge in [0.05, 0.1) is 5.56 Å². The van der Waals surface area contributed by atoms with Crippen molar-refractivity contribution in [3.63, 3.8) is 0 Å². The van der Waals surface area contributed by atoms with Crippen LogP contribution in [0.15, 0.2) is 48.5 Å². The first-order valence-corrected chi connectivity index (χ1v) is 7.62. The maximum absolute atomic E-state index is 12.5. The van der Waals surface area contributed by atoms with Crippen molar-refractivity contribution in [3.8, 4) is 11.5 Å². The van der Waals surface area contributed by atoms with E-state index in [9.17, 15) is 15.0 Å². The predicted molar refractivity (Wildman–Crippen MR) is 85.4 cm³/mol. The number of carbonyl (C=O) groups is 1. The Kier molecular flexibility index (Phi) is 4.21. The number of hydrogen-bond acceptors (Lipinski definition) is 5. The van der Waals surface area contributed by atoms with Gasteiger partial charge in [-0.05, 0) is 36.9 Å². The van der Waals surface area contributed by atoms with E-state index < -0.39 is 11.6 Å². The molecule has 0 bridgehead atoms. The second-order valence-electron chi connectivity index (χ2n) is 5.70. The highest BCUT2D eigenvalue weighted by molar-refractivity contribution is 5.90. The molecule has 0 aromatic heterocycles. The molecule has 0 aliphatic carbocycles. The Morgan fingerprint density at radius 1 is 1.00 bits per heavy atom. The molecule has 0 unspecified atom stereocenters. The number of benzene rings is 2. The highest BCUT2D eigenvalue weighted by Crippen LogP contribution is 2.36. The lowest BCUT2D eigenvalue weighted by atomic mass is 9.84. The van der Waals surface area contributed by atoms with E-state index in [0.717, 1.165) is 18.7 Å². The highest BCUT2D eigenvalue weighted by atomic mass is 16.6. The van der Waals surface area contributed by atoms with Crippen molar-refractivity contribution in [3.05, 3.63) is 59.7 Å². The first-order valence-electron chi connectivity index (χ1n) is 7.62. The highest BCUT2D eigenvalue weighted by Gasteiger charge is 2.38. The maximum Gasteiger partial charge on any atom is 0.339 e. The van der Waals surface area contributed by atoms with Gasteiger partial charge in [-0.1, -0.05) is 30.3 Å². The summed E-state index contributed by atoms with van der Waals surface area (Å²) in [7, 11) is 0. The molecular weight excluding hydrogens is 294 g/mol. The van der Waals surface area contributed by atoms with Crippen LogP contribution in [0.5, 0.6) is 11.5 Å². The van der Waals surface area contributed by atoms with Crippen molar-refractivity contribution < 1.29 is 19.7 Å². The van der Waals surface area contributed by atoms with Crippen molar-refractivity contribution in [2.45, 2.75) is 18.4 Å². The molecule has 23 heavy (non-hydrogen) atoms. The fraction of sp³-hybridized carbons (Fsp3) is 0.278. The summed E-state index contributed by atoms with van der Waals surface area (Å²) >= 11 is 0. The van der Waals surface area contributed by atoms with E-state index in [1.807, 2.05) is 30.3 Å². The molecule has 5 heteroatoms. The lowest BCUT2D eigenvalue weighted by Crippen LogP contribution is -2.43. The number of rotatable bonds is 3. The molecule has 1 saturated heterocycles. The smallest absolute Gasteiger partial charge is 0.339 e. The number of hydrogen-bond donors (Lipinski definition) is 3. The molecule has 1 fully saturated rings. The first-order chi connectivity index (χ1) is 11.1. The molecule has 0 saturated carbocycles. The molecule has 3 N–H and O–H groups in total. The van der Waals surface area contributed by atoms with E-state index in [1.165, 1.54) is 18.2 Å². The Bertz CT molecular complexity index is 693. The van der Waals surface area contributed by atoms with Gasteiger partial charge in [0.15, 0.2) is 11.5 Å². The Morgan fingerprint density at radius 3 is 2.35 bits per heavy atom. The monoisotopic (exact) mass is 313 g/mol. The minimum atomic E-state index is -0.670. The quantitative estimate of drug-likeness (QED) is 0.599. The van der Waals surface area contributed by atoms with E-state index in [4.69, 9.17) is 4.74 Å². The third kappa shape index (κ3) is 3.14. The van der Waals surface area contributed by atoms with Crippen molar-refractivity contribution in [2.75, 3.05) is 13.1 Å². The van der Waals surface area contributed by atoms with E-state index >= 15 is 0 Å². The van der Waals surface area contributed by atoms with Crippen LogP contribution in [0, 0.1) is 0 Å². The number of phenols is 2. The summed E-state index contributed by atoms with van der Waals surface area (Å²) in [6.45, 7) is 1.53. The van der Waals surface area contributed by atoms with Gasteiger partial charge < -0.3 is 20.3 Å². The molecular formula is C18H19NO4. The van der Waals surface area contributed by atoms with Crippen LogP contribution in [0.3, 0.4) is 0 Å². The summed E-state index contributed by atoms with van der Waals surface area (Å²) in [6.07, 6.45) is 1.37. The summed E-state index contributed by atoms with van der Waals surface area (Å²) in [5.41, 5.74) is 0.517. The molecule has 1 aliphatic heterocycles. The van der Waals surface area contributed by atoms with Gasteiger partial charge in [0.2, 0.25) is 0 Å². The summed E-state index contributed by atoms with van der Waals surface area (Å²) in [4.78, 5) is 12.5. The van der Waals surface area contributed by atoms with Gasteiger partial charge >= 0.3 is 5.97 Å². The summed E-state index contributed by atoms with van der Waals surface area (Å²) in [6, 6.07) is 13.7. The summed E-state index contributed by atoms with van der Waals surface area (Å²) in [5.74, 6) is -1.11. The lowest BCUT2D eigenvalue weighted by Gasteiger charge is -2.37. The minimum Gasteiger partial charge on any atom is -0.504 e.